The number of piperazine rings is 1. The van der Waals surface area contributed by atoms with Crippen LogP contribution in [0, 0.1) is 0 Å². The van der Waals surface area contributed by atoms with Crippen LogP contribution in [0.1, 0.15) is 50.8 Å². The third-order valence-corrected chi connectivity index (χ3v) is 6.84. The number of rotatable bonds is 7. The fourth-order valence-corrected chi connectivity index (χ4v) is 4.85. The average molecular weight is 613 g/mol. The first-order valence-corrected chi connectivity index (χ1v) is 14.0. The standard InChI is InChI=1S/C27H35ClN4O3.C2HF3O2/c1-5-6-23-25(19-7-9-20(28)10-8-19)32(27(33)31-15-13-29-14-16-31)26(30-23)22-12-11-21(34-4)17-24(22)35-18(2)3;3-2(4,5)1(6)7/h7-12,17-18,23,25,29H,5-6,13-16H2,1-4H3;(H,6,7). The van der Waals surface area contributed by atoms with Crippen molar-refractivity contribution in [2.45, 2.75) is 58.0 Å². The van der Waals surface area contributed by atoms with Crippen molar-refractivity contribution in [2.24, 2.45) is 4.99 Å². The zero-order valence-electron chi connectivity index (χ0n) is 23.9. The number of alkyl halides is 3. The number of nitrogens with zero attached hydrogens (tertiary/aromatic N) is 3. The number of carboxylic acids is 1. The highest BCUT2D eigenvalue weighted by Crippen LogP contribution is 2.40. The topological polar surface area (TPSA) is 104 Å². The van der Waals surface area contributed by atoms with E-state index in [2.05, 4.69) is 12.2 Å². The lowest BCUT2D eigenvalue weighted by atomic mass is 9.96. The van der Waals surface area contributed by atoms with Gasteiger partial charge in [-0.15, -0.1) is 0 Å². The monoisotopic (exact) mass is 612 g/mol. The highest BCUT2D eigenvalue weighted by Gasteiger charge is 2.43. The molecule has 2 N–H and O–H groups in total. The van der Waals surface area contributed by atoms with Crippen LogP contribution in [0.4, 0.5) is 18.0 Å². The molecular weight excluding hydrogens is 577 g/mol. The maximum Gasteiger partial charge on any atom is 0.490 e. The molecule has 9 nitrogen and oxygen atoms in total. The van der Waals surface area contributed by atoms with Gasteiger partial charge in [-0.1, -0.05) is 37.1 Å². The minimum atomic E-state index is -5.08. The van der Waals surface area contributed by atoms with E-state index in [0.717, 1.165) is 37.1 Å². The Morgan fingerprint density at radius 2 is 1.76 bits per heavy atom. The summed E-state index contributed by atoms with van der Waals surface area (Å²) in [7, 11) is 1.63. The van der Waals surface area contributed by atoms with Crippen molar-refractivity contribution in [3.63, 3.8) is 0 Å². The molecule has 0 aliphatic carbocycles. The molecule has 0 saturated carbocycles. The second kappa shape index (κ2) is 14.6. The van der Waals surface area contributed by atoms with E-state index < -0.39 is 12.1 Å². The summed E-state index contributed by atoms with van der Waals surface area (Å²) < 4.78 is 43.4. The van der Waals surface area contributed by atoms with Gasteiger partial charge in [0, 0.05) is 37.3 Å². The summed E-state index contributed by atoms with van der Waals surface area (Å²) >= 11 is 6.21. The number of carbonyl (C=O) groups is 2. The van der Waals surface area contributed by atoms with Crippen LogP contribution in [-0.4, -0.2) is 84.4 Å². The van der Waals surface area contributed by atoms with Gasteiger partial charge < -0.3 is 24.8 Å². The van der Waals surface area contributed by atoms with E-state index in [1.165, 1.54) is 0 Å². The van der Waals surface area contributed by atoms with Gasteiger partial charge in [0.25, 0.3) is 0 Å². The lowest BCUT2D eigenvalue weighted by Gasteiger charge is -2.36. The number of urea groups is 1. The van der Waals surface area contributed by atoms with Gasteiger partial charge in [0.15, 0.2) is 0 Å². The smallest absolute Gasteiger partial charge is 0.490 e. The number of aliphatic carboxylic acids is 1. The van der Waals surface area contributed by atoms with E-state index in [4.69, 9.17) is 36.0 Å². The maximum absolute atomic E-state index is 14.1. The van der Waals surface area contributed by atoms with Gasteiger partial charge in [-0.05, 0) is 50.1 Å². The molecule has 2 heterocycles. The molecule has 0 radical (unpaired) electrons. The van der Waals surface area contributed by atoms with E-state index >= 15 is 0 Å². The van der Waals surface area contributed by atoms with Crippen LogP contribution < -0.4 is 14.8 Å². The lowest BCUT2D eigenvalue weighted by molar-refractivity contribution is -0.192. The number of nitrogens with one attached hydrogen (secondary N) is 1. The number of halogens is 4. The summed E-state index contributed by atoms with van der Waals surface area (Å²) in [5.41, 5.74) is 1.82. The Hall–Kier alpha value is -3.51. The van der Waals surface area contributed by atoms with Crippen LogP contribution in [0.2, 0.25) is 5.02 Å². The maximum atomic E-state index is 14.1. The Morgan fingerprint density at radius 3 is 2.29 bits per heavy atom. The first-order valence-electron chi connectivity index (χ1n) is 13.6. The molecule has 2 aliphatic heterocycles. The van der Waals surface area contributed by atoms with Crippen LogP contribution in [0.25, 0.3) is 0 Å². The first-order chi connectivity index (χ1) is 19.9. The summed E-state index contributed by atoms with van der Waals surface area (Å²) in [6, 6.07) is 13.2. The van der Waals surface area contributed by atoms with Crippen molar-refractivity contribution in [1.29, 1.82) is 0 Å². The quantitative estimate of drug-likeness (QED) is 0.412. The number of methoxy groups -OCH3 is 1. The number of carboxylic acid groups (broad SMARTS) is 1. The Bertz CT molecular complexity index is 1250. The fourth-order valence-electron chi connectivity index (χ4n) is 4.73. The van der Waals surface area contributed by atoms with Crippen molar-refractivity contribution in [3.05, 3.63) is 58.6 Å². The van der Waals surface area contributed by atoms with Crippen LogP contribution in [0.5, 0.6) is 11.5 Å². The predicted molar refractivity (Wildman–Crippen MR) is 154 cm³/mol. The van der Waals surface area contributed by atoms with Crippen LogP contribution in [0.3, 0.4) is 0 Å². The van der Waals surface area contributed by atoms with E-state index in [9.17, 15) is 18.0 Å². The van der Waals surface area contributed by atoms with Gasteiger partial charge in [-0.2, -0.15) is 13.2 Å². The van der Waals surface area contributed by atoms with Gasteiger partial charge in [0.05, 0.1) is 30.9 Å². The van der Waals surface area contributed by atoms with Crippen molar-refractivity contribution in [3.8, 4) is 11.5 Å². The number of amides is 2. The third kappa shape index (κ3) is 8.28. The largest absolute Gasteiger partial charge is 0.497 e. The highest BCUT2D eigenvalue weighted by atomic mass is 35.5. The van der Waals surface area contributed by atoms with E-state index in [1.807, 2.05) is 66.1 Å². The number of hydrogen-bond donors (Lipinski definition) is 2. The molecule has 4 rings (SSSR count). The molecule has 1 fully saturated rings. The molecule has 13 heteroatoms. The third-order valence-electron chi connectivity index (χ3n) is 6.58. The fraction of sp³-hybridized carbons (Fsp3) is 0.483. The van der Waals surface area contributed by atoms with Gasteiger partial charge in [0.1, 0.15) is 17.3 Å². The Labute approximate surface area is 248 Å². The average Bonchev–Trinajstić information content (AvgIpc) is 3.32. The molecule has 42 heavy (non-hydrogen) atoms. The molecule has 2 aliphatic rings. The molecule has 0 bridgehead atoms. The molecule has 0 aromatic heterocycles. The van der Waals surface area contributed by atoms with E-state index in [1.54, 1.807) is 7.11 Å². The summed E-state index contributed by atoms with van der Waals surface area (Å²) in [6.07, 6.45) is -3.31. The molecule has 2 aromatic rings. The second-order valence-electron chi connectivity index (χ2n) is 10.0. The summed E-state index contributed by atoms with van der Waals surface area (Å²) in [4.78, 5) is 32.0. The van der Waals surface area contributed by atoms with Crippen molar-refractivity contribution >= 4 is 29.4 Å². The van der Waals surface area contributed by atoms with Gasteiger partial charge in [-0.3, -0.25) is 9.89 Å². The SMILES string of the molecule is CCCC1N=C(c2ccc(OC)cc2OC(C)C)N(C(=O)N2CCNCC2)C1c1ccc(Cl)cc1.O=C(O)C(F)(F)F. The van der Waals surface area contributed by atoms with Crippen LogP contribution in [0.15, 0.2) is 47.5 Å². The second-order valence-corrected chi connectivity index (χ2v) is 10.5. The molecule has 2 aromatic carbocycles. The molecular formula is C29H36ClF3N4O5. The van der Waals surface area contributed by atoms with Crippen molar-refractivity contribution < 1.29 is 37.3 Å². The van der Waals surface area contributed by atoms with E-state index in [-0.39, 0.29) is 24.2 Å². The predicted octanol–water partition coefficient (Wildman–Crippen LogP) is 5.77. The number of ether oxygens (including phenoxy) is 2. The number of amidine groups is 1. The molecule has 0 spiro atoms. The summed E-state index contributed by atoms with van der Waals surface area (Å²) in [5.74, 6) is -0.761. The Balaban J connectivity index is 0.000000616. The normalized spacial score (nSPS) is 18.7. The summed E-state index contributed by atoms with van der Waals surface area (Å²) in [5, 5.41) is 11.1. The molecule has 230 valence electrons. The van der Waals surface area contributed by atoms with Crippen molar-refractivity contribution in [2.75, 3.05) is 33.3 Å². The first kappa shape index (κ1) is 33.0. The van der Waals surface area contributed by atoms with Crippen LogP contribution in [-0.2, 0) is 4.79 Å². The molecule has 1 saturated heterocycles. The minimum absolute atomic E-state index is 0.0323. The molecule has 2 amide bonds. The number of hydrogen-bond acceptors (Lipinski definition) is 6. The lowest BCUT2D eigenvalue weighted by Crippen LogP contribution is -2.53. The number of aliphatic imine (C=N–C) groups is 1. The van der Waals surface area contributed by atoms with Gasteiger partial charge >= 0.3 is 18.2 Å². The molecule has 2 unspecified atom stereocenters. The zero-order chi connectivity index (χ0) is 31.0. The number of benzene rings is 2. The zero-order valence-corrected chi connectivity index (χ0v) is 24.7. The van der Waals surface area contributed by atoms with Crippen LogP contribution >= 0.6 is 11.6 Å². The Kier molecular flexibility index (Phi) is 11.5. The molecule has 2 atom stereocenters. The van der Waals surface area contributed by atoms with Crippen molar-refractivity contribution in [1.82, 2.24) is 15.1 Å². The number of carbonyl (C=O) groups excluding carboxylic acids is 1. The summed E-state index contributed by atoms with van der Waals surface area (Å²) in [6.45, 7) is 8.99. The van der Waals surface area contributed by atoms with Gasteiger partial charge in [-0.25, -0.2) is 9.59 Å². The highest BCUT2D eigenvalue weighted by molar-refractivity contribution is 6.30. The Morgan fingerprint density at radius 1 is 1.14 bits per heavy atom. The minimum Gasteiger partial charge on any atom is -0.497 e. The van der Waals surface area contributed by atoms with E-state index in [0.29, 0.717) is 35.4 Å². The van der Waals surface area contributed by atoms with Gasteiger partial charge in [0.2, 0.25) is 0 Å².